The Balaban J connectivity index is 2.79. The van der Waals surface area contributed by atoms with Crippen LogP contribution in [-0.4, -0.2) is 29.5 Å². The minimum absolute atomic E-state index is 0.301. The van der Waals surface area contributed by atoms with E-state index in [1.165, 1.54) is 0 Å². The van der Waals surface area contributed by atoms with Crippen LogP contribution in [-0.2, 0) is 0 Å². The molecular formula is C13H19N3. The first-order valence-corrected chi connectivity index (χ1v) is 5.61. The second-order valence-corrected chi connectivity index (χ2v) is 4.23. The van der Waals surface area contributed by atoms with Crippen LogP contribution < -0.4 is 0 Å². The maximum absolute atomic E-state index is 4.42. The van der Waals surface area contributed by atoms with E-state index in [4.69, 9.17) is 0 Å². The third-order valence-corrected chi connectivity index (χ3v) is 1.80. The van der Waals surface area contributed by atoms with Crippen LogP contribution in [0.25, 0.3) is 0 Å². The standard InChI is InChI=1S/C13H19N3/c1-10(2)14-8-12-6-5-7-13(16-12)9-15-11(3)4/h5-11H,1-4H3. The highest BCUT2D eigenvalue weighted by atomic mass is 14.8. The first-order valence-electron chi connectivity index (χ1n) is 5.61. The van der Waals surface area contributed by atoms with Gasteiger partial charge >= 0.3 is 0 Å². The molecule has 0 saturated heterocycles. The lowest BCUT2D eigenvalue weighted by atomic mass is 10.3. The molecule has 1 heterocycles. The van der Waals surface area contributed by atoms with Gasteiger partial charge in [-0.3, -0.25) is 9.98 Å². The Morgan fingerprint density at radius 2 is 1.38 bits per heavy atom. The molecule has 1 rings (SSSR count). The van der Waals surface area contributed by atoms with Crippen molar-refractivity contribution in [2.24, 2.45) is 9.98 Å². The highest BCUT2D eigenvalue weighted by molar-refractivity contribution is 5.81. The second-order valence-electron chi connectivity index (χ2n) is 4.23. The third kappa shape index (κ3) is 4.82. The van der Waals surface area contributed by atoms with Gasteiger partial charge in [-0.1, -0.05) is 6.07 Å². The summed E-state index contributed by atoms with van der Waals surface area (Å²) in [4.78, 5) is 13.0. The van der Waals surface area contributed by atoms with Crippen LogP contribution in [0, 0.1) is 0 Å². The monoisotopic (exact) mass is 217 g/mol. The van der Waals surface area contributed by atoms with E-state index in [9.17, 15) is 0 Å². The van der Waals surface area contributed by atoms with Crippen molar-refractivity contribution in [3.05, 3.63) is 29.6 Å². The number of hydrogen-bond acceptors (Lipinski definition) is 3. The van der Waals surface area contributed by atoms with Crippen LogP contribution in [0.4, 0.5) is 0 Å². The molecule has 0 aliphatic carbocycles. The molecule has 1 aromatic heterocycles. The highest BCUT2D eigenvalue weighted by Gasteiger charge is 1.94. The van der Waals surface area contributed by atoms with Gasteiger partial charge in [-0.2, -0.15) is 0 Å². The fourth-order valence-electron chi connectivity index (χ4n) is 1.06. The quantitative estimate of drug-likeness (QED) is 0.714. The van der Waals surface area contributed by atoms with E-state index in [2.05, 4.69) is 15.0 Å². The van der Waals surface area contributed by atoms with Gasteiger partial charge in [-0.25, -0.2) is 4.98 Å². The van der Waals surface area contributed by atoms with Gasteiger partial charge in [0, 0.05) is 24.5 Å². The normalized spacial score (nSPS) is 12.4. The molecule has 0 fully saturated rings. The fourth-order valence-corrected chi connectivity index (χ4v) is 1.06. The maximum atomic E-state index is 4.42. The summed E-state index contributed by atoms with van der Waals surface area (Å²) in [6, 6.07) is 6.46. The zero-order valence-corrected chi connectivity index (χ0v) is 10.4. The summed E-state index contributed by atoms with van der Waals surface area (Å²) in [5.41, 5.74) is 1.75. The van der Waals surface area contributed by atoms with Crippen LogP contribution in [0.5, 0.6) is 0 Å². The lowest BCUT2D eigenvalue weighted by Gasteiger charge is -1.98. The van der Waals surface area contributed by atoms with Crippen LogP contribution in [0.3, 0.4) is 0 Å². The van der Waals surface area contributed by atoms with E-state index in [1.54, 1.807) is 12.4 Å². The zero-order chi connectivity index (χ0) is 12.0. The van der Waals surface area contributed by atoms with Crippen molar-refractivity contribution in [3.63, 3.8) is 0 Å². The van der Waals surface area contributed by atoms with Crippen molar-refractivity contribution in [3.8, 4) is 0 Å². The molecule has 0 atom stereocenters. The predicted molar refractivity (Wildman–Crippen MR) is 69.7 cm³/mol. The van der Waals surface area contributed by atoms with Crippen molar-refractivity contribution in [2.75, 3.05) is 0 Å². The second kappa shape index (κ2) is 6.16. The Bertz CT molecular complexity index is 345. The third-order valence-electron chi connectivity index (χ3n) is 1.80. The Morgan fingerprint density at radius 1 is 0.938 bits per heavy atom. The highest BCUT2D eigenvalue weighted by Crippen LogP contribution is 1.97. The van der Waals surface area contributed by atoms with E-state index in [-0.39, 0.29) is 0 Å². The first kappa shape index (κ1) is 12.6. The molecule has 0 aliphatic heterocycles. The number of nitrogens with zero attached hydrogens (tertiary/aromatic N) is 3. The molecular weight excluding hydrogens is 198 g/mol. The average Bonchev–Trinajstić information content (AvgIpc) is 2.24. The van der Waals surface area contributed by atoms with Crippen molar-refractivity contribution >= 4 is 12.4 Å². The van der Waals surface area contributed by atoms with Crippen molar-refractivity contribution in [1.82, 2.24) is 4.98 Å². The van der Waals surface area contributed by atoms with Gasteiger partial charge < -0.3 is 0 Å². The lowest BCUT2D eigenvalue weighted by molar-refractivity contribution is 0.839. The van der Waals surface area contributed by atoms with Crippen molar-refractivity contribution in [2.45, 2.75) is 39.8 Å². The average molecular weight is 217 g/mol. The fraction of sp³-hybridized carbons (Fsp3) is 0.462. The van der Waals surface area contributed by atoms with E-state index in [1.807, 2.05) is 45.9 Å². The van der Waals surface area contributed by atoms with Crippen LogP contribution in [0.1, 0.15) is 39.1 Å². The van der Waals surface area contributed by atoms with Crippen LogP contribution in [0.2, 0.25) is 0 Å². The van der Waals surface area contributed by atoms with Gasteiger partial charge in [0.25, 0.3) is 0 Å². The van der Waals surface area contributed by atoms with E-state index in [0.29, 0.717) is 12.1 Å². The van der Waals surface area contributed by atoms with E-state index < -0.39 is 0 Å². The summed E-state index contributed by atoms with van der Waals surface area (Å²) in [5, 5.41) is 0. The molecule has 3 heteroatoms. The largest absolute Gasteiger partial charge is 0.288 e. The number of hydrogen-bond donors (Lipinski definition) is 0. The summed E-state index contributed by atoms with van der Waals surface area (Å²) >= 11 is 0. The van der Waals surface area contributed by atoms with Crippen LogP contribution in [0.15, 0.2) is 28.2 Å². The molecule has 86 valence electrons. The minimum Gasteiger partial charge on any atom is -0.288 e. The number of aromatic nitrogens is 1. The van der Waals surface area contributed by atoms with Gasteiger partial charge in [-0.15, -0.1) is 0 Å². The SMILES string of the molecule is CC(C)N=Cc1cccc(C=NC(C)C)n1. The van der Waals surface area contributed by atoms with E-state index in [0.717, 1.165) is 11.4 Å². The van der Waals surface area contributed by atoms with Gasteiger partial charge in [0.05, 0.1) is 11.4 Å². The molecule has 0 radical (unpaired) electrons. The summed E-state index contributed by atoms with van der Waals surface area (Å²) in [6.45, 7) is 8.17. The molecule has 0 saturated carbocycles. The van der Waals surface area contributed by atoms with Gasteiger partial charge in [0.15, 0.2) is 0 Å². The first-order chi connectivity index (χ1) is 7.58. The Kier molecular flexibility index (Phi) is 4.83. The molecule has 0 amide bonds. The summed E-state index contributed by atoms with van der Waals surface area (Å²) in [5.74, 6) is 0. The molecule has 0 aromatic carbocycles. The molecule has 0 bridgehead atoms. The van der Waals surface area contributed by atoms with Crippen molar-refractivity contribution in [1.29, 1.82) is 0 Å². The molecule has 0 N–H and O–H groups in total. The molecule has 0 unspecified atom stereocenters. The van der Waals surface area contributed by atoms with E-state index >= 15 is 0 Å². The molecule has 3 nitrogen and oxygen atoms in total. The lowest BCUT2D eigenvalue weighted by Crippen LogP contribution is -1.97. The minimum atomic E-state index is 0.301. The molecule has 0 spiro atoms. The zero-order valence-electron chi connectivity index (χ0n) is 10.4. The Morgan fingerprint density at radius 3 is 1.75 bits per heavy atom. The Hall–Kier alpha value is -1.51. The number of rotatable bonds is 4. The summed E-state index contributed by atoms with van der Waals surface area (Å²) in [7, 11) is 0. The smallest absolute Gasteiger partial charge is 0.0815 e. The molecule has 16 heavy (non-hydrogen) atoms. The molecule has 0 aliphatic rings. The van der Waals surface area contributed by atoms with Gasteiger partial charge in [0.1, 0.15) is 0 Å². The number of pyridine rings is 1. The van der Waals surface area contributed by atoms with Crippen LogP contribution >= 0.6 is 0 Å². The summed E-state index contributed by atoms with van der Waals surface area (Å²) < 4.78 is 0. The van der Waals surface area contributed by atoms with Gasteiger partial charge in [-0.05, 0) is 39.8 Å². The predicted octanol–water partition coefficient (Wildman–Crippen LogP) is 2.74. The topological polar surface area (TPSA) is 37.6 Å². The number of aliphatic imine (C=N–C) groups is 2. The van der Waals surface area contributed by atoms with Crippen molar-refractivity contribution < 1.29 is 0 Å². The van der Waals surface area contributed by atoms with Gasteiger partial charge in [0.2, 0.25) is 0 Å². The maximum Gasteiger partial charge on any atom is 0.0815 e. The Labute approximate surface area is 97.4 Å². The summed E-state index contributed by atoms with van der Waals surface area (Å²) in [6.07, 6.45) is 3.61. The molecule has 1 aromatic rings.